The van der Waals surface area contributed by atoms with Crippen molar-refractivity contribution in [3.05, 3.63) is 65.0 Å². The lowest BCUT2D eigenvalue weighted by Gasteiger charge is -2.30. The molecule has 32 heavy (non-hydrogen) atoms. The number of halogens is 1. The molecule has 8 heteroatoms. The molecule has 2 heterocycles. The molecule has 3 aromatic rings. The molecule has 0 aliphatic carbocycles. The number of para-hydroxylation sites is 1. The first kappa shape index (κ1) is 22.5. The number of aromatic nitrogens is 2. The summed E-state index contributed by atoms with van der Waals surface area (Å²) < 4.78 is 12.2. The van der Waals surface area contributed by atoms with Gasteiger partial charge in [-0.25, -0.2) is 0 Å². The zero-order valence-electron chi connectivity index (χ0n) is 18.0. The summed E-state index contributed by atoms with van der Waals surface area (Å²) >= 11 is 3.43. The smallest absolute Gasteiger partial charge is 0.241 e. The van der Waals surface area contributed by atoms with E-state index in [4.69, 9.17) is 9.26 Å². The van der Waals surface area contributed by atoms with E-state index in [2.05, 4.69) is 36.3 Å². The van der Waals surface area contributed by atoms with Crippen LogP contribution in [0.25, 0.3) is 11.4 Å². The molecule has 1 saturated heterocycles. The Morgan fingerprint density at radius 1 is 1.19 bits per heavy atom. The Labute approximate surface area is 196 Å². The minimum Gasteiger partial charge on any atom is -0.491 e. The van der Waals surface area contributed by atoms with Crippen molar-refractivity contribution in [1.82, 2.24) is 20.4 Å². The molecule has 168 valence electrons. The summed E-state index contributed by atoms with van der Waals surface area (Å²) in [7, 11) is 0. The van der Waals surface area contributed by atoms with Gasteiger partial charge in [0.15, 0.2) is 0 Å². The summed E-state index contributed by atoms with van der Waals surface area (Å²) in [5, 5.41) is 7.18. The van der Waals surface area contributed by atoms with Crippen molar-refractivity contribution >= 4 is 21.8 Å². The molecule has 4 rings (SSSR count). The van der Waals surface area contributed by atoms with Crippen molar-refractivity contribution in [2.24, 2.45) is 5.92 Å². The molecule has 1 atom stereocenters. The Hall–Kier alpha value is -2.71. The van der Waals surface area contributed by atoms with Crippen LogP contribution < -0.4 is 10.1 Å². The third kappa shape index (κ3) is 6.17. The largest absolute Gasteiger partial charge is 0.491 e. The monoisotopic (exact) mass is 498 g/mol. The van der Waals surface area contributed by atoms with Gasteiger partial charge in [-0.2, -0.15) is 4.98 Å². The second kappa shape index (κ2) is 10.7. The molecule has 1 aliphatic rings. The van der Waals surface area contributed by atoms with Crippen molar-refractivity contribution in [1.29, 1.82) is 0 Å². The molecular formula is C24H27BrN4O3. The molecule has 2 aromatic carbocycles. The molecule has 0 radical (unpaired) electrons. The quantitative estimate of drug-likeness (QED) is 0.498. The number of carbonyl (C=O) groups excluding carboxylic acids is 1. The second-order valence-corrected chi connectivity index (χ2v) is 9.02. The van der Waals surface area contributed by atoms with Gasteiger partial charge in [-0.15, -0.1) is 0 Å². The number of benzene rings is 2. The van der Waals surface area contributed by atoms with Crippen molar-refractivity contribution in [2.45, 2.75) is 32.4 Å². The van der Waals surface area contributed by atoms with E-state index in [0.717, 1.165) is 41.7 Å². The first-order chi connectivity index (χ1) is 15.6. The summed E-state index contributed by atoms with van der Waals surface area (Å²) in [4.78, 5) is 19.4. The van der Waals surface area contributed by atoms with Gasteiger partial charge in [-0.1, -0.05) is 39.3 Å². The average Bonchev–Trinajstić information content (AvgIpc) is 3.28. The van der Waals surface area contributed by atoms with Gasteiger partial charge < -0.3 is 14.6 Å². The van der Waals surface area contributed by atoms with E-state index in [1.807, 2.05) is 61.5 Å². The van der Waals surface area contributed by atoms with Crippen molar-refractivity contribution in [3.8, 4) is 17.1 Å². The first-order valence-electron chi connectivity index (χ1n) is 10.9. The summed E-state index contributed by atoms with van der Waals surface area (Å²) in [5.74, 6) is 2.12. The number of nitrogens with zero attached hydrogens (tertiary/aromatic N) is 3. The molecule has 0 saturated carbocycles. The zero-order chi connectivity index (χ0) is 22.3. The van der Waals surface area contributed by atoms with E-state index in [-0.39, 0.29) is 17.9 Å². The van der Waals surface area contributed by atoms with Crippen LogP contribution in [0.15, 0.2) is 63.6 Å². The van der Waals surface area contributed by atoms with Gasteiger partial charge in [0.1, 0.15) is 12.4 Å². The minimum atomic E-state index is -0.0452. The Kier molecular flexibility index (Phi) is 7.55. The fraction of sp³-hybridized carbons (Fsp3) is 0.375. The SMILES string of the molecule is CC(COc1ccccc1)NC(=O)C1CCN(Cc2nc(-c3ccc(Br)cc3)no2)CC1. The molecule has 1 aromatic heterocycles. The van der Waals surface area contributed by atoms with Gasteiger partial charge in [-0.05, 0) is 69.3 Å². The van der Waals surface area contributed by atoms with Crippen LogP contribution in [0.2, 0.25) is 0 Å². The van der Waals surface area contributed by atoms with Crippen LogP contribution in [0.4, 0.5) is 0 Å². The lowest BCUT2D eigenvalue weighted by molar-refractivity contribution is -0.127. The maximum absolute atomic E-state index is 12.6. The minimum absolute atomic E-state index is 0.0198. The third-order valence-electron chi connectivity index (χ3n) is 5.52. The van der Waals surface area contributed by atoms with Gasteiger partial charge in [0.2, 0.25) is 17.6 Å². The Morgan fingerprint density at radius 3 is 2.62 bits per heavy atom. The highest BCUT2D eigenvalue weighted by atomic mass is 79.9. The van der Waals surface area contributed by atoms with Crippen LogP contribution >= 0.6 is 15.9 Å². The van der Waals surface area contributed by atoms with Gasteiger partial charge in [-0.3, -0.25) is 9.69 Å². The van der Waals surface area contributed by atoms with Crippen LogP contribution in [-0.2, 0) is 11.3 Å². The van der Waals surface area contributed by atoms with Gasteiger partial charge in [0.05, 0.1) is 12.6 Å². The maximum Gasteiger partial charge on any atom is 0.241 e. The first-order valence-corrected chi connectivity index (χ1v) is 11.7. The fourth-order valence-corrected chi connectivity index (χ4v) is 3.98. The van der Waals surface area contributed by atoms with Crippen LogP contribution in [0.3, 0.4) is 0 Å². The molecule has 1 aliphatic heterocycles. The molecule has 0 spiro atoms. The topological polar surface area (TPSA) is 80.5 Å². The second-order valence-electron chi connectivity index (χ2n) is 8.10. The average molecular weight is 499 g/mol. The predicted octanol–water partition coefficient (Wildman–Crippen LogP) is 4.29. The normalized spacial score (nSPS) is 15.9. The summed E-state index contributed by atoms with van der Waals surface area (Å²) in [6.45, 7) is 4.66. The molecule has 1 unspecified atom stereocenters. The number of piperidine rings is 1. The number of nitrogens with one attached hydrogen (secondary N) is 1. The highest BCUT2D eigenvalue weighted by Crippen LogP contribution is 2.22. The highest BCUT2D eigenvalue weighted by Gasteiger charge is 2.26. The highest BCUT2D eigenvalue weighted by molar-refractivity contribution is 9.10. The van der Waals surface area contributed by atoms with E-state index < -0.39 is 0 Å². The fourth-order valence-electron chi connectivity index (χ4n) is 3.72. The van der Waals surface area contributed by atoms with Crippen LogP contribution in [0.5, 0.6) is 5.75 Å². The zero-order valence-corrected chi connectivity index (χ0v) is 19.6. The standard InChI is InChI=1S/C24H27BrN4O3/c1-17(16-31-21-5-3-2-4-6-21)26-24(30)19-11-13-29(14-12-19)15-22-27-23(28-32-22)18-7-9-20(25)10-8-18/h2-10,17,19H,11-16H2,1H3,(H,26,30). The van der Waals surface area contributed by atoms with Crippen LogP contribution in [0.1, 0.15) is 25.7 Å². The van der Waals surface area contributed by atoms with Gasteiger partial charge in [0, 0.05) is 16.0 Å². The number of rotatable bonds is 8. The predicted molar refractivity (Wildman–Crippen MR) is 125 cm³/mol. The van der Waals surface area contributed by atoms with E-state index in [1.54, 1.807) is 0 Å². The van der Waals surface area contributed by atoms with Crippen molar-refractivity contribution in [3.63, 3.8) is 0 Å². The Balaban J connectivity index is 1.20. The van der Waals surface area contributed by atoms with Crippen LogP contribution in [-0.4, -0.2) is 46.7 Å². The molecule has 7 nitrogen and oxygen atoms in total. The van der Waals surface area contributed by atoms with Gasteiger partial charge in [0.25, 0.3) is 0 Å². The van der Waals surface area contributed by atoms with Crippen LogP contribution in [0, 0.1) is 5.92 Å². The molecule has 0 bridgehead atoms. The maximum atomic E-state index is 12.6. The summed E-state index contributed by atoms with van der Waals surface area (Å²) in [5.41, 5.74) is 0.920. The van der Waals surface area contributed by atoms with E-state index in [1.165, 1.54) is 0 Å². The molecule has 1 N–H and O–H groups in total. The van der Waals surface area contributed by atoms with E-state index >= 15 is 0 Å². The van der Waals surface area contributed by atoms with E-state index in [0.29, 0.717) is 24.9 Å². The number of carbonyl (C=O) groups is 1. The van der Waals surface area contributed by atoms with E-state index in [9.17, 15) is 4.79 Å². The van der Waals surface area contributed by atoms with Crippen molar-refractivity contribution in [2.75, 3.05) is 19.7 Å². The number of hydrogen-bond donors (Lipinski definition) is 1. The number of ether oxygens (including phenoxy) is 1. The number of likely N-dealkylation sites (tertiary alicyclic amines) is 1. The summed E-state index contributed by atoms with van der Waals surface area (Å²) in [6, 6.07) is 17.4. The third-order valence-corrected chi connectivity index (χ3v) is 6.05. The van der Waals surface area contributed by atoms with Gasteiger partial charge >= 0.3 is 0 Å². The molecule has 1 fully saturated rings. The Morgan fingerprint density at radius 2 is 1.91 bits per heavy atom. The molecule has 1 amide bonds. The van der Waals surface area contributed by atoms with Crippen molar-refractivity contribution < 1.29 is 14.1 Å². The lowest BCUT2D eigenvalue weighted by atomic mass is 9.95. The summed E-state index contributed by atoms with van der Waals surface area (Å²) in [6.07, 6.45) is 1.62. The number of amides is 1. The Bertz CT molecular complexity index is 1000. The molecular weight excluding hydrogens is 472 g/mol. The lowest BCUT2D eigenvalue weighted by Crippen LogP contribution is -2.44. The number of hydrogen-bond acceptors (Lipinski definition) is 6.